The van der Waals surface area contributed by atoms with Crippen LogP contribution in [0.5, 0.6) is 5.75 Å². The van der Waals surface area contributed by atoms with Gasteiger partial charge in [-0.2, -0.15) is 0 Å². The van der Waals surface area contributed by atoms with Gasteiger partial charge in [-0.3, -0.25) is 0 Å². The van der Waals surface area contributed by atoms with E-state index in [0.29, 0.717) is 5.92 Å². The Labute approximate surface area is 117 Å². The molecule has 1 fully saturated rings. The Morgan fingerprint density at radius 3 is 2.53 bits per heavy atom. The molecular formula is C17H27NO. The molecule has 2 rings (SSSR count). The van der Waals surface area contributed by atoms with Crippen molar-refractivity contribution in [2.24, 2.45) is 5.92 Å². The van der Waals surface area contributed by atoms with Crippen LogP contribution in [-0.2, 0) is 5.41 Å². The van der Waals surface area contributed by atoms with Crippen molar-refractivity contribution in [2.75, 3.05) is 19.7 Å². The summed E-state index contributed by atoms with van der Waals surface area (Å²) in [5.41, 5.74) is 2.76. The molecule has 1 aliphatic heterocycles. The first-order valence-corrected chi connectivity index (χ1v) is 7.41. The summed E-state index contributed by atoms with van der Waals surface area (Å²) >= 11 is 0. The zero-order chi connectivity index (χ0) is 13.9. The van der Waals surface area contributed by atoms with E-state index < -0.39 is 0 Å². The Morgan fingerprint density at radius 1 is 1.21 bits per heavy atom. The SMILES string of the molecule is Cc1ccc(OCC2CCNCC2)c(C(C)(C)C)c1. The van der Waals surface area contributed by atoms with Crippen LogP contribution in [0.15, 0.2) is 18.2 Å². The summed E-state index contributed by atoms with van der Waals surface area (Å²) in [7, 11) is 0. The maximum absolute atomic E-state index is 6.13. The summed E-state index contributed by atoms with van der Waals surface area (Å²) in [4.78, 5) is 0. The number of benzene rings is 1. The van der Waals surface area contributed by atoms with E-state index in [0.717, 1.165) is 25.4 Å². The van der Waals surface area contributed by atoms with E-state index >= 15 is 0 Å². The second-order valence-corrected chi connectivity index (χ2v) is 6.75. The third-order valence-electron chi connectivity index (χ3n) is 3.88. The van der Waals surface area contributed by atoms with Crippen LogP contribution in [0, 0.1) is 12.8 Å². The lowest BCUT2D eigenvalue weighted by Gasteiger charge is -2.26. The van der Waals surface area contributed by atoms with E-state index in [1.807, 2.05) is 0 Å². The molecule has 1 N–H and O–H groups in total. The first-order chi connectivity index (χ1) is 8.97. The Hall–Kier alpha value is -1.02. The van der Waals surface area contributed by atoms with Crippen molar-refractivity contribution < 1.29 is 4.74 Å². The summed E-state index contributed by atoms with van der Waals surface area (Å²) < 4.78 is 6.13. The van der Waals surface area contributed by atoms with Gasteiger partial charge in [0, 0.05) is 0 Å². The van der Waals surface area contributed by atoms with Gasteiger partial charge in [0.15, 0.2) is 0 Å². The number of aryl methyl sites for hydroxylation is 1. The zero-order valence-corrected chi connectivity index (χ0v) is 12.8. The van der Waals surface area contributed by atoms with Crippen LogP contribution in [0.3, 0.4) is 0 Å². The number of piperidine rings is 1. The van der Waals surface area contributed by atoms with Crippen molar-refractivity contribution >= 4 is 0 Å². The number of hydrogen-bond donors (Lipinski definition) is 1. The van der Waals surface area contributed by atoms with E-state index in [1.165, 1.54) is 24.0 Å². The summed E-state index contributed by atoms with van der Waals surface area (Å²) in [6, 6.07) is 6.54. The number of hydrogen-bond acceptors (Lipinski definition) is 2. The molecule has 2 heteroatoms. The monoisotopic (exact) mass is 261 g/mol. The van der Waals surface area contributed by atoms with Crippen LogP contribution in [0.1, 0.15) is 44.7 Å². The van der Waals surface area contributed by atoms with Gasteiger partial charge in [-0.15, -0.1) is 0 Å². The molecule has 2 nitrogen and oxygen atoms in total. The van der Waals surface area contributed by atoms with E-state index in [1.54, 1.807) is 0 Å². The molecule has 1 saturated heterocycles. The minimum absolute atomic E-state index is 0.134. The van der Waals surface area contributed by atoms with Crippen molar-refractivity contribution in [3.63, 3.8) is 0 Å². The largest absolute Gasteiger partial charge is 0.493 e. The molecule has 1 aromatic carbocycles. The molecule has 19 heavy (non-hydrogen) atoms. The average Bonchev–Trinajstić information content (AvgIpc) is 2.37. The summed E-state index contributed by atoms with van der Waals surface area (Å²) in [5, 5.41) is 3.40. The topological polar surface area (TPSA) is 21.3 Å². The van der Waals surface area contributed by atoms with Gasteiger partial charge < -0.3 is 10.1 Å². The molecular weight excluding hydrogens is 234 g/mol. The minimum atomic E-state index is 0.134. The van der Waals surface area contributed by atoms with Crippen molar-refractivity contribution in [3.05, 3.63) is 29.3 Å². The Balaban J connectivity index is 2.06. The molecule has 0 spiro atoms. The van der Waals surface area contributed by atoms with Crippen LogP contribution in [0.2, 0.25) is 0 Å². The standard InChI is InChI=1S/C17H27NO/c1-13-5-6-16(15(11-13)17(2,3)4)19-12-14-7-9-18-10-8-14/h5-6,11,14,18H,7-10,12H2,1-4H3. The van der Waals surface area contributed by atoms with Gasteiger partial charge in [-0.1, -0.05) is 38.5 Å². The maximum Gasteiger partial charge on any atom is 0.123 e. The Morgan fingerprint density at radius 2 is 1.89 bits per heavy atom. The van der Waals surface area contributed by atoms with E-state index in [2.05, 4.69) is 51.2 Å². The number of nitrogens with one attached hydrogen (secondary N) is 1. The van der Waals surface area contributed by atoms with Crippen molar-refractivity contribution in [2.45, 2.75) is 46.0 Å². The maximum atomic E-state index is 6.13. The third kappa shape index (κ3) is 3.97. The first-order valence-electron chi connectivity index (χ1n) is 7.41. The molecule has 0 saturated carbocycles. The fourth-order valence-corrected chi connectivity index (χ4v) is 2.61. The Bertz CT molecular complexity index is 414. The van der Waals surface area contributed by atoms with Crippen molar-refractivity contribution in [1.29, 1.82) is 0 Å². The van der Waals surface area contributed by atoms with Crippen LogP contribution < -0.4 is 10.1 Å². The molecule has 0 unspecified atom stereocenters. The predicted molar refractivity (Wildman–Crippen MR) is 81.0 cm³/mol. The highest BCUT2D eigenvalue weighted by atomic mass is 16.5. The fraction of sp³-hybridized carbons (Fsp3) is 0.647. The van der Waals surface area contributed by atoms with Gasteiger partial charge in [0.1, 0.15) is 5.75 Å². The van der Waals surface area contributed by atoms with Crippen molar-refractivity contribution in [3.8, 4) is 5.75 Å². The van der Waals surface area contributed by atoms with Crippen LogP contribution in [-0.4, -0.2) is 19.7 Å². The van der Waals surface area contributed by atoms with Gasteiger partial charge in [0.05, 0.1) is 6.61 Å². The highest BCUT2D eigenvalue weighted by molar-refractivity contribution is 5.41. The zero-order valence-electron chi connectivity index (χ0n) is 12.8. The number of ether oxygens (including phenoxy) is 1. The van der Waals surface area contributed by atoms with Gasteiger partial charge in [-0.25, -0.2) is 0 Å². The predicted octanol–water partition coefficient (Wildman–Crippen LogP) is 3.67. The highest BCUT2D eigenvalue weighted by Crippen LogP contribution is 2.32. The molecule has 0 aliphatic carbocycles. The van der Waals surface area contributed by atoms with Crippen LogP contribution in [0.4, 0.5) is 0 Å². The molecule has 1 aliphatic rings. The fourth-order valence-electron chi connectivity index (χ4n) is 2.61. The molecule has 0 bridgehead atoms. The lowest BCUT2D eigenvalue weighted by Crippen LogP contribution is -2.30. The van der Waals surface area contributed by atoms with E-state index in [9.17, 15) is 0 Å². The van der Waals surface area contributed by atoms with Crippen LogP contribution >= 0.6 is 0 Å². The van der Waals surface area contributed by atoms with Gasteiger partial charge in [0.2, 0.25) is 0 Å². The third-order valence-corrected chi connectivity index (χ3v) is 3.88. The van der Waals surface area contributed by atoms with Gasteiger partial charge in [-0.05, 0) is 55.8 Å². The lowest BCUT2D eigenvalue weighted by atomic mass is 9.85. The molecule has 0 aromatic heterocycles. The summed E-state index contributed by atoms with van der Waals surface area (Å²) in [6.07, 6.45) is 2.47. The normalized spacial score (nSPS) is 17.5. The molecule has 0 atom stereocenters. The lowest BCUT2D eigenvalue weighted by molar-refractivity contribution is 0.211. The van der Waals surface area contributed by atoms with E-state index in [4.69, 9.17) is 4.74 Å². The number of rotatable bonds is 3. The minimum Gasteiger partial charge on any atom is -0.493 e. The quantitative estimate of drug-likeness (QED) is 0.896. The van der Waals surface area contributed by atoms with Crippen LogP contribution in [0.25, 0.3) is 0 Å². The Kier molecular flexibility index (Phi) is 4.51. The molecule has 0 amide bonds. The average molecular weight is 261 g/mol. The summed E-state index contributed by atoms with van der Waals surface area (Å²) in [6.45, 7) is 12.0. The smallest absolute Gasteiger partial charge is 0.123 e. The molecule has 1 aromatic rings. The van der Waals surface area contributed by atoms with Gasteiger partial charge >= 0.3 is 0 Å². The second kappa shape index (κ2) is 5.96. The molecule has 1 heterocycles. The van der Waals surface area contributed by atoms with Crippen molar-refractivity contribution in [1.82, 2.24) is 5.32 Å². The highest BCUT2D eigenvalue weighted by Gasteiger charge is 2.20. The second-order valence-electron chi connectivity index (χ2n) is 6.75. The first kappa shape index (κ1) is 14.4. The molecule has 0 radical (unpaired) electrons. The molecule has 106 valence electrons. The summed E-state index contributed by atoms with van der Waals surface area (Å²) in [5.74, 6) is 1.77. The van der Waals surface area contributed by atoms with E-state index in [-0.39, 0.29) is 5.41 Å². The van der Waals surface area contributed by atoms with Gasteiger partial charge in [0.25, 0.3) is 0 Å².